The smallest absolute Gasteiger partial charge is 0.153 e. The van der Waals surface area contributed by atoms with Crippen molar-refractivity contribution in [2.75, 3.05) is 0 Å². The van der Waals surface area contributed by atoms with Crippen LogP contribution < -0.4 is 0 Å². The second kappa shape index (κ2) is 1.90. The normalized spacial score (nSPS) is 14.5. The first kappa shape index (κ1) is 5.22. The molecular weight excluding hydrogens is 100 g/mol. The molecule has 2 nitrogen and oxygen atoms in total. The highest BCUT2D eigenvalue weighted by Crippen LogP contribution is 2.04. The molecule has 8 heavy (non-hydrogen) atoms. The van der Waals surface area contributed by atoms with Gasteiger partial charge in [-0.1, -0.05) is 0 Å². The van der Waals surface area contributed by atoms with Crippen molar-refractivity contribution in [3.8, 4) is 0 Å². The van der Waals surface area contributed by atoms with E-state index in [1.54, 1.807) is 6.21 Å². The molecule has 0 radical (unpaired) electrons. The maximum absolute atomic E-state index is 4.06. The van der Waals surface area contributed by atoms with Crippen LogP contribution in [0.25, 0.3) is 0 Å². The Morgan fingerprint density at radius 1 is 1.62 bits per heavy atom. The molecule has 0 saturated heterocycles. The van der Waals surface area contributed by atoms with Gasteiger partial charge in [0.25, 0.3) is 0 Å². The summed E-state index contributed by atoms with van der Waals surface area (Å²) in [5.74, 6) is 0.838. The summed E-state index contributed by atoms with van der Waals surface area (Å²) in [5.41, 5.74) is 1.05. The van der Waals surface area contributed by atoms with Crippen molar-refractivity contribution < 1.29 is 0 Å². The predicted molar refractivity (Wildman–Crippen MR) is 35.4 cm³/mol. The summed E-state index contributed by atoms with van der Waals surface area (Å²) >= 11 is 0. The van der Waals surface area contributed by atoms with Gasteiger partial charge in [0.15, 0.2) is 5.82 Å². The van der Waals surface area contributed by atoms with Gasteiger partial charge in [0.1, 0.15) is 0 Å². The van der Waals surface area contributed by atoms with Crippen molar-refractivity contribution in [2.45, 2.75) is 13.8 Å². The van der Waals surface area contributed by atoms with E-state index in [4.69, 9.17) is 0 Å². The molecule has 0 aromatic rings. The summed E-state index contributed by atoms with van der Waals surface area (Å²) in [6.45, 7) is 3.91. The first-order valence-corrected chi connectivity index (χ1v) is 2.55. The highest BCUT2D eigenvalue weighted by molar-refractivity contribution is 5.84. The van der Waals surface area contributed by atoms with Crippen molar-refractivity contribution in [1.82, 2.24) is 0 Å². The molecule has 0 aromatic heterocycles. The van der Waals surface area contributed by atoms with Gasteiger partial charge in [0.05, 0.1) is 0 Å². The summed E-state index contributed by atoms with van der Waals surface area (Å²) in [7, 11) is 0. The third-order valence-corrected chi connectivity index (χ3v) is 0.769. The fraction of sp³-hybridized carbons (Fsp3) is 0.333. The molecule has 0 unspecified atom stereocenters. The standard InChI is InChI=1S/C6H8N2/c1-5(2)8-6-3-4-7-6/h3-4H,1-2H3. The maximum atomic E-state index is 4.06. The molecule has 0 fully saturated rings. The zero-order valence-electron chi connectivity index (χ0n) is 5.05. The third-order valence-electron chi connectivity index (χ3n) is 0.769. The minimum Gasteiger partial charge on any atom is -0.239 e. The lowest BCUT2D eigenvalue weighted by Crippen LogP contribution is -1.89. The van der Waals surface area contributed by atoms with Crippen LogP contribution in [-0.2, 0) is 0 Å². The molecule has 0 atom stereocenters. The molecule has 0 spiro atoms. The van der Waals surface area contributed by atoms with Gasteiger partial charge in [-0.2, -0.15) is 0 Å². The third kappa shape index (κ3) is 1.03. The van der Waals surface area contributed by atoms with E-state index in [1.807, 2.05) is 19.9 Å². The van der Waals surface area contributed by atoms with Crippen molar-refractivity contribution in [3.05, 3.63) is 11.9 Å². The molecule has 42 valence electrons. The van der Waals surface area contributed by atoms with Crippen molar-refractivity contribution in [1.29, 1.82) is 0 Å². The number of allylic oxidation sites excluding steroid dienone is 1. The molecule has 1 heterocycles. The maximum Gasteiger partial charge on any atom is 0.153 e. The van der Waals surface area contributed by atoms with Crippen LogP contribution in [0.15, 0.2) is 21.9 Å². The lowest BCUT2D eigenvalue weighted by molar-refractivity contribution is 1.21. The van der Waals surface area contributed by atoms with Gasteiger partial charge in [-0.3, -0.25) is 0 Å². The van der Waals surface area contributed by atoms with Crippen molar-refractivity contribution in [2.24, 2.45) is 9.98 Å². The van der Waals surface area contributed by atoms with Gasteiger partial charge < -0.3 is 0 Å². The lowest BCUT2D eigenvalue weighted by atomic mass is 10.4. The Bertz CT molecular complexity index is 171. The molecule has 1 rings (SSSR count). The van der Waals surface area contributed by atoms with Crippen LogP contribution in [0.3, 0.4) is 0 Å². The number of aliphatic imine (C=N–C) groups is 2. The van der Waals surface area contributed by atoms with E-state index in [0.29, 0.717) is 0 Å². The molecule has 2 heteroatoms. The topological polar surface area (TPSA) is 24.7 Å². The Morgan fingerprint density at radius 2 is 2.25 bits per heavy atom. The summed E-state index contributed by atoms with van der Waals surface area (Å²) < 4.78 is 0. The fourth-order valence-corrected chi connectivity index (χ4v) is 0.436. The van der Waals surface area contributed by atoms with Gasteiger partial charge >= 0.3 is 0 Å². The van der Waals surface area contributed by atoms with Crippen molar-refractivity contribution >= 4 is 11.9 Å². The average Bonchev–Trinajstić information content (AvgIpc) is 1.55. The molecule has 0 saturated carbocycles. The first-order chi connectivity index (χ1) is 3.79. The molecule has 0 amide bonds. The summed E-state index contributed by atoms with van der Waals surface area (Å²) in [5, 5.41) is 0. The predicted octanol–water partition coefficient (Wildman–Crippen LogP) is 1.39. The zero-order chi connectivity index (χ0) is 5.98. The highest BCUT2D eigenvalue weighted by Gasteiger charge is 1.93. The monoisotopic (exact) mass is 108 g/mol. The largest absolute Gasteiger partial charge is 0.239 e. The Labute approximate surface area is 48.7 Å². The Balaban J connectivity index is 2.52. The minimum atomic E-state index is 0.838. The summed E-state index contributed by atoms with van der Waals surface area (Å²) in [6, 6.07) is 0. The Kier molecular flexibility index (Phi) is 1.24. The lowest BCUT2D eigenvalue weighted by Gasteiger charge is -1.97. The van der Waals surface area contributed by atoms with E-state index in [1.165, 1.54) is 0 Å². The minimum absolute atomic E-state index is 0.838. The van der Waals surface area contributed by atoms with Gasteiger partial charge in [-0.15, -0.1) is 0 Å². The van der Waals surface area contributed by atoms with Gasteiger partial charge in [0.2, 0.25) is 0 Å². The average molecular weight is 108 g/mol. The van der Waals surface area contributed by atoms with Crippen LogP contribution in [0.1, 0.15) is 13.8 Å². The fourth-order valence-electron chi connectivity index (χ4n) is 0.436. The number of rotatable bonds is 1. The number of hydrogen-bond donors (Lipinski definition) is 0. The van der Waals surface area contributed by atoms with Crippen molar-refractivity contribution in [3.63, 3.8) is 0 Å². The van der Waals surface area contributed by atoms with Gasteiger partial charge in [-0.05, 0) is 13.8 Å². The van der Waals surface area contributed by atoms with Gasteiger partial charge in [0, 0.05) is 18.0 Å². The summed E-state index contributed by atoms with van der Waals surface area (Å²) in [4.78, 5) is 7.92. The highest BCUT2D eigenvalue weighted by atomic mass is 15.0. The summed E-state index contributed by atoms with van der Waals surface area (Å²) in [6.07, 6.45) is 3.62. The second-order valence-electron chi connectivity index (χ2n) is 1.86. The van der Waals surface area contributed by atoms with Gasteiger partial charge in [-0.25, -0.2) is 9.98 Å². The van der Waals surface area contributed by atoms with E-state index in [9.17, 15) is 0 Å². The SMILES string of the molecule is CC(C)=NC1=CC=N1. The molecule has 0 aliphatic carbocycles. The molecule has 1 aliphatic heterocycles. The Morgan fingerprint density at radius 3 is 2.38 bits per heavy atom. The van der Waals surface area contributed by atoms with E-state index < -0.39 is 0 Å². The number of hydrogen-bond acceptors (Lipinski definition) is 2. The van der Waals surface area contributed by atoms with E-state index in [0.717, 1.165) is 11.5 Å². The number of nitrogens with zero attached hydrogens (tertiary/aromatic N) is 2. The van der Waals surface area contributed by atoms with E-state index in [-0.39, 0.29) is 0 Å². The first-order valence-electron chi connectivity index (χ1n) is 2.55. The second-order valence-corrected chi connectivity index (χ2v) is 1.86. The molecule has 0 N–H and O–H groups in total. The van der Waals surface area contributed by atoms with Crippen LogP contribution in [0.5, 0.6) is 0 Å². The molecule has 0 bridgehead atoms. The molecule has 0 aromatic carbocycles. The molecule has 1 aliphatic rings. The van der Waals surface area contributed by atoms with Crippen LogP contribution >= 0.6 is 0 Å². The van der Waals surface area contributed by atoms with Crippen LogP contribution in [0.4, 0.5) is 0 Å². The van der Waals surface area contributed by atoms with Crippen LogP contribution in [0.2, 0.25) is 0 Å². The van der Waals surface area contributed by atoms with Crippen LogP contribution in [-0.4, -0.2) is 11.9 Å². The van der Waals surface area contributed by atoms with Crippen LogP contribution in [0, 0.1) is 0 Å². The molecular formula is C6H8N2. The zero-order valence-corrected chi connectivity index (χ0v) is 5.05. The van der Waals surface area contributed by atoms with E-state index >= 15 is 0 Å². The Hall–Kier alpha value is -0.920. The quantitative estimate of drug-likeness (QED) is 0.453. The van der Waals surface area contributed by atoms with E-state index in [2.05, 4.69) is 9.98 Å².